The Morgan fingerprint density at radius 1 is 1.06 bits per heavy atom. The number of nitrogens with one attached hydrogen (secondary N) is 1. The zero-order valence-electron chi connectivity index (χ0n) is 17.9. The van der Waals surface area contributed by atoms with Crippen molar-refractivity contribution >= 4 is 33.6 Å². The first-order valence-electron chi connectivity index (χ1n) is 10.1. The number of ether oxygens (including phenoxy) is 2. The van der Waals surface area contributed by atoms with Gasteiger partial charge in [0, 0.05) is 15.7 Å². The summed E-state index contributed by atoms with van der Waals surface area (Å²) >= 11 is 3.41. The minimum Gasteiger partial charge on any atom is -0.493 e. The van der Waals surface area contributed by atoms with Gasteiger partial charge in [0.05, 0.1) is 6.61 Å². The van der Waals surface area contributed by atoms with E-state index >= 15 is 0 Å². The maximum atomic E-state index is 12.6. The summed E-state index contributed by atoms with van der Waals surface area (Å²) in [5.74, 6) is 0.796. The highest BCUT2D eigenvalue weighted by Crippen LogP contribution is 2.26. The quantitative estimate of drug-likeness (QED) is 0.297. The number of carbonyl (C=O) groups excluding carboxylic acids is 1. The number of hydrogen-bond donors (Lipinski definition) is 1. The Hall–Kier alpha value is -3.56. The van der Waals surface area contributed by atoms with Crippen LogP contribution >= 0.6 is 15.9 Å². The van der Waals surface area contributed by atoms with Gasteiger partial charge in [0.1, 0.15) is 29.7 Å². The fourth-order valence-corrected chi connectivity index (χ4v) is 3.29. The van der Waals surface area contributed by atoms with Crippen molar-refractivity contribution in [1.82, 2.24) is 0 Å². The first-order valence-corrected chi connectivity index (χ1v) is 10.9. The molecule has 162 valence electrons. The van der Waals surface area contributed by atoms with Gasteiger partial charge in [0.15, 0.2) is 0 Å². The molecule has 0 spiro atoms. The van der Waals surface area contributed by atoms with Crippen molar-refractivity contribution in [3.05, 3.63) is 93.5 Å². The lowest BCUT2D eigenvalue weighted by Gasteiger charge is -2.10. The molecule has 0 unspecified atom stereocenters. The number of nitriles is 1. The highest BCUT2D eigenvalue weighted by atomic mass is 79.9. The smallest absolute Gasteiger partial charge is 0.266 e. The number of amides is 1. The third kappa shape index (κ3) is 6.47. The summed E-state index contributed by atoms with van der Waals surface area (Å²) in [6.07, 6.45) is 1.52. The minimum atomic E-state index is -0.497. The SMILES string of the molecule is CCOc1ccc(Br)cc1/C=C(\C#N)C(=O)Nc1ccc(OCc2ccc(C)cc2)cc1. The topological polar surface area (TPSA) is 71.3 Å². The van der Waals surface area contributed by atoms with Crippen LogP contribution in [0.4, 0.5) is 5.69 Å². The monoisotopic (exact) mass is 490 g/mol. The minimum absolute atomic E-state index is 0.0243. The van der Waals surface area contributed by atoms with Crippen LogP contribution in [0.5, 0.6) is 11.5 Å². The van der Waals surface area contributed by atoms with Crippen LogP contribution in [0.2, 0.25) is 0 Å². The van der Waals surface area contributed by atoms with Gasteiger partial charge < -0.3 is 14.8 Å². The van der Waals surface area contributed by atoms with Crippen molar-refractivity contribution in [1.29, 1.82) is 5.26 Å². The third-order valence-corrected chi connectivity index (χ3v) is 5.07. The van der Waals surface area contributed by atoms with Crippen LogP contribution in [-0.4, -0.2) is 12.5 Å². The molecule has 32 heavy (non-hydrogen) atoms. The number of anilines is 1. The lowest BCUT2D eigenvalue weighted by Crippen LogP contribution is -2.13. The summed E-state index contributed by atoms with van der Waals surface area (Å²) in [7, 11) is 0. The number of hydrogen-bond acceptors (Lipinski definition) is 4. The van der Waals surface area contributed by atoms with Crippen LogP contribution in [0, 0.1) is 18.3 Å². The van der Waals surface area contributed by atoms with Crippen molar-refractivity contribution < 1.29 is 14.3 Å². The normalized spacial score (nSPS) is 10.9. The fraction of sp³-hybridized carbons (Fsp3) is 0.154. The third-order valence-electron chi connectivity index (χ3n) is 4.57. The van der Waals surface area contributed by atoms with E-state index in [0.717, 1.165) is 10.0 Å². The van der Waals surface area contributed by atoms with Gasteiger partial charge >= 0.3 is 0 Å². The van der Waals surface area contributed by atoms with Crippen LogP contribution in [0.15, 0.2) is 76.8 Å². The van der Waals surface area contributed by atoms with Crippen molar-refractivity contribution in [2.45, 2.75) is 20.5 Å². The summed E-state index contributed by atoms with van der Waals surface area (Å²) in [5, 5.41) is 12.3. The zero-order chi connectivity index (χ0) is 22.9. The molecule has 0 aliphatic carbocycles. The molecule has 6 heteroatoms. The average Bonchev–Trinajstić information content (AvgIpc) is 2.79. The Morgan fingerprint density at radius 3 is 2.44 bits per heavy atom. The molecule has 0 fully saturated rings. The van der Waals surface area contributed by atoms with Crippen LogP contribution < -0.4 is 14.8 Å². The highest BCUT2D eigenvalue weighted by molar-refractivity contribution is 9.10. The van der Waals surface area contributed by atoms with Gasteiger partial charge in [-0.25, -0.2) is 0 Å². The number of benzene rings is 3. The molecule has 0 saturated heterocycles. The van der Waals surface area contributed by atoms with Crippen LogP contribution in [0.3, 0.4) is 0 Å². The first kappa shape index (κ1) is 23.1. The maximum Gasteiger partial charge on any atom is 0.266 e. The molecule has 0 aliphatic rings. The van der Waals surface area contributed by atoms with Gasteiger partial charge in [-0.1, -0.05) is 45.8 Å². The molecule has 0 heterocycles. The van der Waals surface area contributed by atoms with E-state index in [1.54, 1.807) is 36.4 Å². The van der Waals surface area contributed by atoms with Crippen LogP contribution in [-0.2, 0) is 11.4 Å². The summed E-state index contributed by atoms with van der Waals surface area (Å²) in [5.41, 5.74) is 3.47. The molecule has 3 aromatic rings. The maximum absolute atomic E-state index is 12.6. The van der Waals surface area contributed by atoms with Gasteiger partial charge in [-0.15, -0.1) is 0 Å². The second-order valence-corrected chi connectivity index (χ2v) is 7.95. The standard InChI is InChI=1S/C26H23BrN2O3/c1-3-31-25-13-8-22(27)15-20(25)14-21(16-28)26(30)29-23-9-11-24(12-10-23)32-17-19-6-4-18(2)5-7-19/h4-15H,3,17H2,1-2H3,(H,29,30)/b21-14+. The van der Waals surface area contributed by atoms with Gasteiger partial charge in [0.25, 0.3) is 5.91 Å². The largest absolute Gasteiger partial charge is 0.493 e. The molecule has 3 rings (SSSR count). The Kier molecular flexibility index (Phi) is 8.07. The number of aryl methyl sites for hydroxylation is 1. The predicted molar refractivity (Wildman–Crippen MR) is 129 cm³/mol. The highest BCUT2D eigenvalue weighted by Gasteiger charge is 2.12. The second kappa shape index (κ2) is 11.2. The lowest BCUT2D eigenvalue weighted by molar-refractivity contribution is -0.112. The molecule has 0 radical (unpaired) electrons. The predicted octanol–water partition coefficient (Wildman–Crippen LogP) is 6.28. The molecule has 5 nitrogen and oxygen atoms in total. The summed E-state index contributed by atoms with van der Waals surface area (Å²) < 4.78 is 12.2. The zero-order valence-corrected chi connectivity index (χ0v) is 19.5. The van der Waals surface area contributed by atoms with Gasteiger partial charge in [0.2, 0.25) is 0 Å². The number of halogens is 1. The number of rotatable bonds is 8. The van der Waals surface area contributed by atoms with Crippen molar-refractivity contribution in [3.8, 4) is 17.6 Å². The Bertz CT molecular complexity index is 1150. The Labute approximate surface area is 196 Å². The van der Waals surface area contributed by atoms with Crippen LogP contribution in [0.25, 0.3) is 6.08 Å². The van der Waals surface area contributed by atoms with Gasteiger partial charge in [-0.3, -0.25) is 4.79 Å². The first-order chi connectivity index (χ1) is 15.5. The summed E-state index contributed by atoms with van der Waals surface area (Å²) in [6, 6.07) is 22.6. The summed E-state index contributed by atoms with van der Waals surface area (Å²) in [6.45, 7) is 4.86. The van der Waals surface area contributed by atoms with E-state index in [2.05, 4.69) is 21.2 Å². The van der Waals surface area contributed by atoms with Gasteiger partial charge in [-0.2, -0.15) is 5.26 Å². The molecule has 1 amide bonds. The van der Waals surface area contributed by atoms with Crippen molar-refractivity contribution in [2.75, 3.05) is 11.9 Å². The number of carbonyl (C=O) groups is 1. The van der Waals surface area contributed by atoms with E-state index in [9.17, 15) is 10.1 Å². The van der Waals surface area contributed by atoms with E-state index in [1.165, 1.54) is 11.6 Å². The van der Waals surface area contributed by atoms with E-state index in [1.807, 2.05) is 50.2 Å². The van der Waals surface area contributed by atoms with E-state index in [-0.39, 0.29) is 5.57 Å². The molecular formula is C26H23BrN2O3. The fourth-order valence-electron chi connectivity index (χ4n) is 2.91. The Morgan fingerprint density at radius 2 is 1.78 bits per heavy atom. The van der Waals surface area contributed by atoms with Crippen LogP contribution in [0.1, 0.15) is 23.6 Å². The average molecular weight is 491 g/mol. The molecule has 3 aromatic carbocycles. The lowest BCUT2D eigenvalue weighted by atomic mass is 10.1. The van der Waals surface area contributed by atoms with E-state index in [0.29, 0.717) is 36.0 Å². The molecule has 0 atom stereocenters. The second-order valence-electron chi connectivity index (χ2n) is 7.04. The van der Waals surface area contributed by atoms with Crippen molar-refractivity contribution in [3.63, 3.8) is 0 Å². The Balaban J connectivity index is 1.66. The molecule has 0 bridgehead atoms. The molecular weight excluding hydrogens is 468 g/mol. The van der Waals surface area contributed by atoms with Gasteiger partial charge in [-0.05, 0) is 68.0 Å². The van der Waals surface area contributed by atoms with E-state index < -0.39 is 5.91 Å². The van der Waals surface area contributed by atoms with E-state index in [4.69, 9.17) is 9.47 Å². The molecule has 1 N–H and O–H groups in total. The summed E-state index contributed by atoms with van der Waals surface area (Å²) in [4.78, 5) is 12.6. The molecule has 0 aliphatic heterocycles. The number of nitrogens with zero attached hydrogens (tertiary/aromatic N) is 1. The van der Waals surface area contributed by atoms with Crippen molar-refractivity contribution in [2.24, 2.45) is 0 Å². The molecule has 0 aromatic heterocycles. The molecule has 0 saturated carbocycles.